The fourth-order valence-electron chi connectivity index (χ4n) is 1.88. The minimum atomic E-state index is -0.0528. The lowest BCUT2D eigenvalue weighted by Crippen LogP contribution is -2.28. The maximum Gasteiger partial charge on any atom is 0.254 e. The number of nitrogens with zero attached hydrogens (tertiary/aromatic N) is 3. The normalized spacial score (nSPS) is 10.5. The minimum absolute atomic E-state index is 0.0528. The highest BCUT2D eigenvalue weighted by molar-refractivity contribution is 6.31. The molecule has 2 rings (SSSR count). The number of imidazole rings is 1. The predicted molar refractivity (Wildman–Crippen MR) is 75.2 cm³/mol. The summed E-state index contributed by atoms with van der Waals surface area (Å²) in [6.45, 7) is 2.32. The van der Waals surface area contributed by atoms with Gasteiger partial charge >= 0.3 is 0 Å². The van der Waals surface area contributed by atoms with Crippen LogP contribution >= 0.6 is 11.6 Å². The van der Waals surface area contributed by atoms with Crippen molar-refractivity contribution in [2.24, 2.45) is 7.05 Å². The summed E-state index contributed by atoms with van der Waals surface area (Å²) in [6.07, 6.45) is 3.58. The Morgan fingerprint density at radius 2 is 2.21 bits per heavy atom. The van der Waals surface area contributed by atoms with E-state index in [4.69, 9.17) is 11.6 Å². The fraction of sp³-hybridized carbons (Fsp3) is 0.286. The standard InChI is InChI=1S/C14H16ClN3O/c1-10-11(5-4-6-12(10)15)14(19)18(3)9-13-16-7-8-17(13)2/h4-8H,9H2,1-3H3. The number of carbonyl (C=O) groups excluding carboxylic acids is 1. The van der Waals surface area contributed by atoms with Crippen LogP contribution < -0.4 is 0 Å². The molecular formula is C14H16ClN3O. The molecule has 0 radical (unpaired) electrons. The van der Waals surface area contributed by atoms with Crippen LogP contribution in [0.1, 0.15) is 21.7 Å². The van der Waals surface area contributed by atoms with Crippen molar-refractivity contribution in [2.45, 2.75) is 13.5 Å². The Morgan fingerprint density at radius 1 is 1.47 bits per heavy atom. The monoisotopic (exact) mass is 277 g/mol. The van der Waals surface area contributed by atoms with Gasteiger partial charge < -0.3 is 9.47 Å². The van der Waals surface area contributed by atoms with Crippen molar-refractivity contribution in [3.05, 3.63) is 52.6 Å². The van der Waals surface area contributed by atoms with Crippen molar-refractivity contribution >= 4 is 17.5 Å². The van der Waals surface area contributed by atoms with Gasteiger partial charge in [0.2, 0.25) is 0 Å². The van der Waals surface area contributed by atoms with Crippen LogP contribution in [-0.2, 0) is 13.6 Å². The number of hydrogen-bond donors (Lipinski definition) is 0. The van der Waals surface area contributed by atoms with Crippen molar-refractivity contribution in [1.29, 1.82) is 0 Å². The molecule has 1 heterocycles. The summed E-state index contributed by atoms with van der Waals surface area (Å²) in [4.78, 5) is 18.2. The Balaban J connectivity index is 2.20. The van der Waals surface area contributed by atoms with E-state index in [1.807, 2.05) is 24.7 Å². The summed E-state index contributed by atoms with van der Waals surface area (Å²) >= 11 is 6.04. The molecule has 0 saturated carbocycles. The van der Waals surface area contributed by atoms with E-state index in [0.29, 0.717) is 17.1 Å². The Labute approximate surface area is 117 Å². The van der Waals surface area contributed by atoms with Crippen molar-refractivity contribution in [3.8, 4) is 0 Å². The van der Waals surface area contributed by atoms with Gasteiger partial charge in [0.1, 0.15) is 5.82 Å². The van der Waals surface area contributed by atoms with Crippen molar-refractivity contribution < 1.29 is 4.79 Å². The third-order valence-corrected chi connectivity index (χ3v) is 3.55. The van der Waals surface area contributed by atoms with Crippen LogP contribution in [-0.4, -0.2) is 27.4 Å². The number of halogens is 1. The van der Waals surface area contributed by atoms with E-state index in [1.165, 1.54) is 0 Å². The predicted octanol–water partition coefficient (Wildman–Crippen LogP) is 2.65. The highest BCUT2D eigenvalue weighted by atomic mass is 35.5. The number of rotatable bonds is 3. The van der Waals surface area contributed by atoms with Crippen LogP contribution in [0, 0.1) is 6.92 Å². The second-order valence-corrected chi connectivity index (χ2v) is 4.94. The summed E-state index contributed by atoms with van der Waals surface area (Å²) in [5, 5.41) is 0.608. The summed E-state index contributed by atoms with van der Waals surface area (Å²) in [6, 6.07) is 5.36. The Kier molecular flexibility index (Phi) is 3.90. The Morgan fingerprint density at radius 3 is 2.84 bits per heavy atom. The molecule has 0 aliphatic heterocycles. The maximum atomic E-state index is 12.4. The first-order valence-corrected chi connectivity index (χ1v) is 6.35. The number of aromatic nitrogens is 2. The summed E-state index contributed by atoms with van der Waals surface area (Å²) < 4.78 is 1.90. The average Bonchev–Trinajstić information content (AvgIpc) is 2.77. The van der Waals surface area contributed by atoms with Gasteiger partial charge in [-0.15, -0.1) is 0 Å². The summed E-state index contributed by atoms with van der Waals surface area (Å²) in [7, 11) is 3.67. The lowest BCUT2D eigenvalue weighted by molar-refractivity contribution is 0.0780. The van der Waals surface area contributed by atoms with Gasteiger partial charge in [-0.1, -0.05) is 17.7 Å². The van der Waals surface area contributed by atoms with Gasteiger partial charge in [0, 0.05) is 37.1 Å². The molecule has 5 heteroatoms. The third-order valence-electron chi connectivity index (χ3n) is 3.14. The van der Waals surface area contributed by atoms with Crippen molar-refractivity contribution in [1.82, 2.24) is 14.5 Å². The quantitative estimate of drug-likeness (QED) is 0.865. The van der Waals surface area contributed by atoms with E-state index in [1.54, 1.807) is 36.3 Å². The molecule has 1 amide bonds. The summed E-state index contributed by atoms with van der Waals surface area (Å²) in [5.74, 6) is 0.790. The smallest absolute Gasteiger partial charge is 0.254 e. The zero-order chi connectivity index (χ0) is 14.0. The second kappa shape index (κ2) is 5.45. The van der Waals surface area contributed by atoms with Gasteiger partial charge in [-0.25, -0.2) is 4.98 Å². The molecule has 0 saturated heterocycles. The van der Waals surface area contributed by atoms with Gasteiger partial charge in [-0.3, -0.25) is 4.79 Å². The topological polar surface area (TPSA) is 38.1 Å². The first-order chi connectivity index (χ1) is 9.00. The third kappa shape index (κ3) is 2.79. The number of amides is 1. The van der Waals surface area contributed by atoms with Crippen LogP contribution in [0.15, 0.2) is 30.6 Å². The van der Waals surface area contributed by atoms with Gasteiger partial charge in [0.25, 0.3) is 5.91 Å². The number of hydrogen-bond acceptors (Lipinski definition) is 2. The molecule has 2 aromatic rings. The molecule has 0 fully saturated rings. The fourth-order valence-corrected chi connectivity index (χ4v) is 2.05. The van der Waals surface area contributed by atoms with Crippen LogP contribution in [0.25, 0.3) is 0 Å². The molecule has 0 N–H and O–H groups in total. The minimum Gasteiger partial charge on any atom is -0.337 e. The van der Waals surface area contributed by atoms with E-state index in [0.717, 1.165) is 11.4 Å². The number of aryl methyl sites for hydroxylation is 1. The van der Waals surface area contributed by atoms with Crippen molar-refractivity contribution in [2.75, 3.05) is 7.05 Å². The first kappa shape index (κ1) is 13.6. The van der Waals surface area contributed by atoms with Crippen molar-refractivity contribution in [3.63, 3.8) is 0 Å². The zero-order valence-corrected chi connectivity index (χ0v) is 12.0. The highest BCUT2D eigenvalue weighted by Crippen LogP contribution is 2.20. The summed E-state index contributed by atoms with van der Waals surface area (Å²) in [5.41, 5.74) is 1.44. The van der Waals surface area contributed by atoms with Crippen LogP contribution in [0.3, 0.4) is 0 Å². The molecule has 1 aromatic carbocycles. The molecule has 1 aromatic heterocycles. The SMILES string of the molecule is Cc1c(Cl)cccc1C(=O)N(C)Cc1nccn1C. The van der Waals surface area contributed by atoms with Crippen LogP contribution in [0.5, 0.6) is 0 Å². The molecule has 0 unspecified atom stereocenters. The molecule has 0 atom stereocenters. The van der Waals surface area contributed by atoms with Gasteiger partial charge in [-0.05, 0) is 24.6 Å². The Hall–Kier alpha value is -1.81. The first-order valence-electron chi connectivity index (χ1n) is 5.97. The molecule has 4 nitrogen and oxygen atoms in total. The lowest BCUT2D eigenvalue weighted by atomic mass is 10.1. The zero-order valence-electron chi connectivity index (χ0n) is 11.2. The maximum absolute atomic E-state index is 12.4. The second-order valence-electron chi connectivity index (χ2n) is 4.53. The average molecular weight is 278 g/mol. The van der Waals surface area contributed by atoms with Gasteiger partial charge in [-0.2, -0.15) is 0 Å². The van der Waals surface area contributed by atoms with E-state index < -0.39 is 0 Å². The molecular weight excluding hydrogens is 262 g/mol. The van der Waals surface area contributed by atoms with Crippen LogP contribution in [0.4, 0.5) is 0 Å². The molecule has 0 spiro atoms. The van der Waals surface area contributed by atoms with Gasteiger partial charge in [0.05, 0.1) is 6.54 Å². The number of carbonyl (C=O) groups is 1. The van der Waals surface area contributed by atoms with E-state index in [2.05, 4.69) is 4.98 Å². The number of benzene rings is 1. The molecule has 19 heavy (non-hydrogen) atoms. The van der Waals surface area contributed by atoms with Crippen LogP contribution in [0.2, 0.25) is 5.02 Å². The van der Waals surface area contributed by atoms with E-state index >= 15 is 0 Å². The molecule has 0 bridgehead atoms. The lowest BCUT2D eigenvalue weighted by Gasteiger charge is -2.18. The molecule has 0 aliphatic carbocycles. The van der Waals surface area contributed by atoms with E-state index in [9.17, 15) is 4.79 Å². The molecule has 0 aliphatic rings. The van der Waals surface area contributed by atoms with E-state index in [-0.39, 0.29) is 5.91 Å². The molecule has 100 valence electrons. The largest absolute Gasteiger partial charge is 0.337 e. The highest BCUT2D eigenvalue weighted by Gasteiger charge is 2.16. The van der Waals surface area contributed by atoms with Gasteiger partial charge in [0.15, 0.2) is 0 Å². The Bertz CT molecular complexity index is 606.